The third kappa shape index (κ3) is 1.88. The number of hydrogen-bond acceptors (Lipinski definition) is 1. The normalized spacial score (nSPS) is 15.8. The molecule has 0 saturated carbocycles. The van der Waals surface area contributed by atoms with E-state index >= 15 is 0 Å². The van der Waals surface area contributed by atoms with Gasteiger partial charge in [0.25, 0.3) is 0 Å². The van der Waals surface area contributed by atoms with Crippen molar-refractivity contribution in [1.82, 2.24) is 0 Å². The van der Waals surface area contributed by atoms with Crippen molar-refractivity contribution in [1.29, 1.82) is 0 Å². The third-order valence-corrected chi connectivity index (χ3v) is 2.97. The van der Waals surface area contributed by atoms with Crippen LogP contribution in [-0.2, 0) is 12.6 Å². The quantitative estimate of drug-likeness (QED) is 0.712. The summed E-state index contributed by atoms with van der Waals surface area (Å²) < 4.78 is 37.7. The smallest absolute Gasteiger partial charge is 0.369 e. The number of rotatable bonds is 1. The standard InChI is InChI=1S/C12H14F3N/c1-8(2)16-6-5-9-3-4-10(7-11(9)16)12(13,14)15/h3-4,7-8H,5-6H2,1-2H3. The van der Waals surface area contributed by atoms with Crippen molar-refractivity contribution in [3.63, 3.8) is 0 Å². The second-order valence-electron chi connectivity index (χ2n) is 4.38. The van der Waals surface area contributed by atoms with E-state index < -0.39 is 11.7 Å². The summed E-state index contributed by atoms with van der Waals surface area (Å²) >= 11 is 0. The summed E-state index contributed by atoms with van der Waals surface area (Å²) in [6, 6.07) is 4.27. The minimum Gasteiger partial charge on any atom is -0.369 e. The summed E-state index contributed by atoms with van der Waals surface area (Å²) in [5.74, 6) is 0. The van der Waals surface area contributed by atoms with Gasteiger partial charge in [0.2, 0.25) is 0 Å². The van der Waals surface area contributed by atoms with Crippen molar-refractivity contribution in [2.45, 2.75) is 32.5 Å². The van der Waals surface area contributed by atoms with Gasteiger partial charge in [-0.2, -0.15) is 13.2 Å². The summed E-state index contributed by atoms with van der Waals surface area (Å²) in [5, 5.41) is 0. The highest BCUT2D eigenvalue weighted by Crippen LogP contribution is 2.36. The number of anilines is 1. The Morgan fingerprint density at radius 3 is 2.50 bits per heavy atom. The first-order valence-corrected chi connectivity index (χ1v) is 5.36. The number of fused-ring (bicyclic) bond motifs is 1. The molecule has 0 unspecified atom stereocenters. The van der Waals surface area contributed by atoms with Crippen LogP contribution in [0.2, 0.25) is 0 Å². The van der Waals surface area contributed by atoms with Gasteiger partial charge in [0.05, 0.1) is 5.56 Å². The number of halogens is 3. The SMILES string of the molecule is CC(C)N1CCc2ccc(C(F)(F)F)cc21. The van der Waals surface area contributed by atoms with Crippen molar-refractivity contribution in [3.8, 4) is 0 Å². The Morgan fingerprint density at radius 2 is 1.94 bits per heavy atom. The Hall–Kier alpha value is -1.19. The molecule has 2 rings (SSSR count). The largest absolute Gasteiger partial charge is 0.416 e. The molecule has 0 amide bonds. The van der Waals surface area contributed by atoms with Gasteiger partial charge in [0.15, 0.2) is 0 Å². The van der Waals surface area contributed by atoms with Crippen LogP contribution in [0.4, 0.5) is 18.9 Å². The highest BCUT2D eigenvalue weighted by Gasteiger charge is 2.32. The Bertz CT molecular complexity index is 396. The van der Waals surface area contributed by atoms with E-state index in [0.717, 1.165) is 24.2 Å². The average Bonchev–Trinajstić information content (AvgIpc) is 2.58. The van der Waals surface area contributed by atoms with E-state index in [1.165, 1.54) is 12.1 Å². The van der Waals surface area contributed by atoms with Crippen molar-refractivity contribution >= 4 is 5.69 Å². The second-order valence-corrected chi connectivity index (χ2v) is 4.38. The van der Waals surface area contributed by atoms with E-state index in [0.29, 0.717) is 0 Å². The van der Waals surface area contributed by atoms with Crippen LogP contribution in [0, 0.1) is 0 Å². The zero-order valence-electron chi connectivity index (χ0n) is 9.30. The Kier molecular flexibility index (Phi) is 2.60. The molecular weight excluding hydrogens is 215 g/mol. The lowest BCUT2D eigenvalue weighted by Gasteiger charge is -2.24. The summed E-state index contributed by atoms with van der Waals surface area (Å²) in [4.78, 5) is 2.02. The predicted molar refractivity (Wildman–Crippen MR) is 57.6 cm³/mol. The van der Waals surface area contributed by atoms with Crippen LogP contribution < -0.4 is 4.90 Å². The molecule has 0 aliphatic carbocycles. The molecule has 1 aromatic rings. The fourth-order valence-electron chi connectivity index (χ4n) is 2.12. The molecule has 0 aromatic heterocycles. The van der Waals surface area contributed by atoms with Crippen molar-refractivity contribution in [2.24, 2.45) is 0 Å². The number of alkyl halides is 3. The summed E-state index contributed by atoms with van der Waals surface area (Å²) in [7, 11) is 0. The van der Waals surface area contributed by atoms with Gasteiger partial charge in [0.1, 0.15) is 0 Å². The zero-order valence-corrected chi connectivity index (χ0v) is 9.30. The van der Waals surface area contributed by atoms with Gasteiger partial charge < -0.3 is 4.90 Å². The first kappa shape index (κ1) is 11.3. The van der Waals surface area contributed by atoms with Gasteiger partial charge in [0, 0.05) is 18.3 Å². The van der Waals surface area contributed by atoms with Gasteiger partial charge in [-0.15, -0.1) is 0 Å². The lowest BCUT2D eigenvalue weighted by Crippen LogP contribution is -2.28. The fourth-order valence-corrected chi connectivity index (χ4v) is 2.12. The number of nitrogens with zero attached hydrogens (tertiary/aromatic N) is 1. The second kappa shape index (κ2) is 3.68. The van der Waals surface area contributed by atoms with Crippen LogP contribution in [0.1, 0.15) is 25.0 Å². The molecule has 0 saturated heterocycles. The van der Waals surface area contributed by atoms with Crippen LogP contribution in [-0.4, -0.2) is 12.6 Å². The first-order chi connectivity index (χ1) is 7.39. The van der Waals surface area contributed by atoms with E-state index in [1.54, 1.807) is 6.07 Å². The maximum atomic E-state index is 12.6. The van der Waals surface area contributed by atoms with Crippen LogP contribution in [0.25, 0.3) is 0 Å². The summed E-state index contributed by atoms with van der Waals surface area (Å²) in [5.41, 5.74) is 1.20. The molecule has 1 aliphatic heterocycles. The average molecular weight is 229 g/mol. The minimum atomic E-state index is -4.25. The van der Waals surface area contributed by atoms with E-state index in [4.69, 9.17) is 0 Å². The van der Waals surface area contributed by atoms with Crippen LogP contribution in [0.5, 0.6) is 0 Å². The molecule has 0 atom stereocenters. The minimum absolute atomic E-state index is 0.240. The molecule has 1 aromatic carbocycles. The van der Waals surface area contributed by atoms with Gasteiger partial charge in [-0.3, -0.25) is 0 Å². The third-order valence-electron chi connectivity index (χ3n) is 2.97. The Morgan fingerprint density at radius 1 is 1.25 bits per heavy atom. The molecule has 1 aliphatic rings. The van der Waals surface area contributed by atoms with E-state index in [9.17, 15) is 13.2 Å². The fraction of sp³-hybridized carbons (Fsp3) is 0.500. The predicted octanol–water partition coefficient (Wildman–Crippen LogP) is 3.48. The molecule has 0 bridgehead atoms. The topological polar surface area (TPSA) is 3.24 Å². The summed E-state index contributed by atoms with van der Waals surface area (Å²) in [6.07, 6.45) is -3.41. The number of benzene rings is 1. The molecule has 1 nitrogen and oxygen atoms in total. The Balaban J connectivity index is 2.41. The first-order valence-electron chi connectivity index (χ1n) is 5.36. The van der Waals surface area contributed by atoms with Crippen molar-refractivity contribution in [3.05, 3.63) is 29.3 Å². The maximum Gasteiger partial charge on any atom is 0.416 e. The number of hydrogen-bond donors (Lipinski definition) is 0. The van der Waals surface area contributed by atoms with Crippen LogP contribution >= 0.6 is 0 Å². The van der Waals surface area contributed by atoms with Gasteiger partial charge in [-0.25, -0.2) is 0 Å². The van der Waals surface area contributed by atoms with E-state index in [2.05, 4.69) is 0 Å². The molecule has 0 fully saturated rings. The monoisotopic (exact) mass is 229 g/mol. The van der Waals surface area contributed by atoms with Crippen LogP contribution in [0.3, 0.4) is 0 Å². The van der Waals surface area contributed by atoms with E-state index in [-0.39, 0.29) is 6.04 Å². The van der Waals surface area contributed by atoms with Crippen molar-refractivity contribution < 1.29 is 13.2 Å². The van der Waals surface area contributed by atoms with Gasteiger partial charge >= 0.3 is 6.18 Å². The highest BCUT2D eigenvalue weighted by molar-refractivity contribution is 5.60. The molecule has 0 N–H and O–H groups in total. The molecule has 16 heavy (non-hydrogen) atoms. The zero-order chi connectivity index (χ0) is 11.9. The van der Waals surface area contributed by atoms with Crippen LogP contribution in [0.15, 0.2) is 18.2 Å². The lowest BCUT2D eigenvalue weighted by molar-refractivity contribution is -0.137. The molecule has 0 radical (unpaired) electrons. The lowest BCUT2D eigenvalue weighted by atomic mass is 10.1. The highest BCUT2D eigenvalue weighted by atomic mass is 19.4. The van der Waals surface area contributed by atoms with Gasteiger partial charge in [-0.05, 0) is 38.0 Å². The maximum absolute atomic E-state index is 12.6. The van der Waals surface area contributed by atoms with Gasteiger partial charge in [-0.1, -0.05) is 6.07 Å². The molecule has 4 heteroatoms. The molecule has 0 spiro atoms. The molecule has 88 valence electrons. The van der Waals surface area contributed by atoms with Crippen molar-refractivity contribution in [2.75, 3.05) is 11.4 Å². The summed E-state index contributed by atoms with van der Waals surface area (Å²) in [6.45, 7) is 4.80. The Labute approximate surface area is 92.9 Å². The van der Waals surface area contributed by atoms with E-state index in [1.807, 2.05) is 18.7 Å². The molecule has 1 heterocycles. The molecular formula is C12H14F3N.